The summed E-state index contributed by atoms with van der Waals surface area (Å²) in [4.78, 5) is 6.25. The van der Waals surface area contributed by atoms with Gasteiger partial charge in [0, 0.05) is 13.6 Å². The zero-order chi connectivity index (χ0) is 21.6. The van der Waals surface area contributed by atoms with Crippen LogP contribution in [0.25, 0.3) is 11.1 Å². The van der Waals surface area contributed by atoms with Crippen LogP contribution in [0.15, 0.2) is 47.5 Å². The first-order valence-electron chi connectivity index (χ1n) is 8.76. The van der Waals surface area contributed by atoms with Crippen LogP contribution < -0.4 is 5.73 Å². The van der Waals surface area contributed by atoms with Gasteiger partial charge in [-0.15, -0.1) is 0 Å². The van der Waals surface area contributed by atoms with Crippen molar-refractivity contribution in [1.82, 2.24) is 4.90 Å². The van der Waals surface area contributed by atoms with Crippen molar-refractivity contribution in [1.29, 1.82) is 0 Å². The second-order valence-electron chi connectivity index (χ2n) is 7.29. The molecule has 29 heavy (non-hydrogen) atoms. The summed E-state index contributed by atoms with van der Waals surface area (Å²) < 4.78 is 79.0. The van der Waals surface area contributed by atoms with E-state index in [0.717, 1.165) is 12.1 Å². The van der Waals surface area contributed by atoms with Crippen molar-refractivity contribution in [2.45, 2.75) is 31.2 Å². The van der Waals surface area contributed by atoms with E-state index in [-0.39, 0.29) is 17.2 Å². The normalized spacial score (nSPS) is 20.6. The molecule has 0 bridgehead atoms. The number of aliphatic imine (C=N–C) groups is 1. The Morgan fingerprint density at radius 2 is 1.52 bits per heavy atom. The van der Waals surface area contributed by atoms with Gasteiger partial charge in [-0.1, -0.05) is 18.2 Å². The lowest BCUT2D eigenvalue weighted by Gasteiger charge is -2.35. The van der Waals surface area contributed by atoms with E-state index in [2.05, 4.69) is 4.99 Å². The Morgan fingerprint density at radius 3 is 2.03 bits per heavy atom. The molecular formula is C20H19F6N3. The maximum absolute atomic E-state index is 13.2. The molecule has 0 saturated heterocycles. The highest BCUT2D eigenvalue weighted by atomic mass is 19.4. The predicted octanol–water partition coefficient (Wildman–Crippen LogP) is 5.26. The second-order valence-corrected chi connectivity index (χ2v) is 7.29. The molecule has 2 N–H and O–H groups in total. The molecule has 3 nitrogen and oxygen atoms in total. The van der Waals surface area contributed by atoms with Gasteiger partial charge in [0.05, 0.1) is 16.7 Å². The third kappa shape index (κ3) is 4.33. The first kappa shape index (κ1) is 21.0. The highest BCUT2D eigenvalue weighted by molar-refractivity contribution is 5.79. The molecule has 0 aliphatic carbocycles. The van der Waals surface area contributed by atoms with Crippen LogP contribution in [0.5, 0.6) is 0 Å². The number of halogens is 6. The molecule has 9 heteroatoms. The van der Waals surface area contributed by atoms with E-state index in [1.807, 2.05) is 6.92 Å². The maximum Gasteiger partial charge on any atom is 0.416 e. The van der Waals surface area contributed by atoms with Gasteiger partial charge < -0.3 is 10.6 Å². The third-order valence-corrected chi connectivity index (χ3v) is 5.09. The fourth-order valence-corrected chi connectivity index (χ4v) is 3.26. The van der Waals surface area contributed by atoms with Gasteiger partial charge in [0.15, 0.2) is 5.96 Å². The highest BCUT2D eigenvalue weighted by Crippen LogP contribution is 2.40. The summed E-state index contributed by atoms with van der Waals surface area (Å²) in [6.07, 6.45) is -9.19. The molecule has 0 fully saturated rings. The molecule has 1 aliphatic heterocycles. The molecule has 0 radical (unpaired) electrons. The minimum absolute atomic E-state index is 0.122. The van der Waals surface area contributed by atoms with Crippen molar-refractivity contribution in [3.63, 3.8) is 0 Å². The first-order valence-corrected chi connectivity index (χ1v) is 8.76. The summed E-state index contributed by atoms with van der Waals surface area (Å²) in [5.74, 6) is 0.322. The van der Waals surface area contributed by atoms with Crippen molar-refractivity contribution in [2.24, 2.45) is 10.7 Å². The molecule has 1 aliphatic rings. The van der Waals surface area contributed by atoms with Crippen molar-refractivity contribution in [3.05, 3.63) is 59.2 Å². The highest BCUT2D eigenvalue weighted by Gasteiger charge is 2.37. The molecule has 0 amide bonds. The fourth-order valence-electron chi connectivity index (χ4n) is 3.26. The zero-order valence-corrected chi connectivity index (χ0v) is 15.7. The Bertz CT molecular complexity index is 916. The summed E-state index contributed by atoms with van der Waals surface area (Å²) in [6, 6.07) is 7.95. The average Bonchev–Trinajstić information content (AvgIpc) is 2.63. The summed E-state index contributed by atoms with van der Waals surface area (Å²) >= 11 is 0. The summed E-state index contributed by atoms with van der Waals surface area (Å²) in [7, 11) is 1.79. The minimum Gasteiger partial charge on any atom is -0.370 e. The number of hydrogen-bond donors (Lipinski definition) is 1. The van der Waals surface area contributed by atoms with E-state index in [1.165, 1.54) is 6.07 Å². The number of benzene rings is 2. The largest absolute Gasteiger partial charge is 0.416 e. The smallest absolute Gasteiger partial charge is 0.370 e. The quantitative estimate of drug-likeness (QED) is 0.681. The van der Waals surface area contributed by atoms with Crippen LogP contribution in [0.4, 0.5) is 26.3 Å². The van der Waals surface area contributed by atoms with Crippen molar-refractivity contribution in [2.75, 3.05) is 13.6 Å². The Morgan fingerprint density at radius 1 is 0.931 bits per heavy atom. The van der Waals surface area contributed by atoms with Crippen molar-refractivity contribution in [3.8, 4) is 11.1 Å². The van der Waals surface area contributed by atoms with Gasteiger partial charge in [0.2, 0.25) is 0 Å². The third-order valence-electron chi connectivity index (χ3n) is 5.09. The molecule has 1 unspecified atom stereocenters. The van der Waals surface area contributed by atoms with Crippen LogP contribution in [0.3, 0.4) is 0 Å². The molecule has 2 aromatic rings. The van der Waals surface area contributed by atoms with E-state index >= 15 is 0 Å². The molecule has 0 saturated carbocycles. The molecule has 0 spiro atoms. The average molecular weight is 415 g/mol. The van der Waals surface area contributed by atoms with Crippen LogP contribution in [0.2, 0.25) is 0 Å². The first-order chi connectivity index (χ1) is 13.3. The van der Waals surface area contributed by atoms with Crippen LogP contribution in [-0.2, 0) is 17.9 Å². The predicted molar refractivity (Wildman–Crippen MR) is 98.1 cm³/mol. The molecular weight excluding hydrogens is 396 g/mol. The summed E-state index contributed by atoms with van der Waals surface area (Å²) in [5, 5.41) is 0. The van der Waals surface area contributed by atoms with Crippen molar-refractivity contribution >= 4 is 5.96 Å². The lowest BCUT2D eigenvalue weighted by atomic mass is 9.86. The van der Waals surface area contributed by atoms with Gasteiger partial charge in [-0.3, -0.25) is 0 Å². The molecule has 156 valence electrons. The van der Waals surface area contributed by atoms with Crippen LogP contribution in [0, 0.1) is 0 Å². The Balaban J connectivity index is 2.12. The number of guanidine groups is 1. The Hall–Kier alpha value is -2.71. The number of hydrogen-bond acceptors (Lipinski definition) is 3. The second kappa shape index (κ2) is 6.96. The zero-order valence-electron chi connectivity index (χ0n) is 15.7. The SMILES string of the molecule is CN1CCC(C)(c2cccc(-c3cc(C(F)(F)F)cc(C(F)(F)F)c3)c2)N=C1N. The fraction of sp³-hybridized carbons (Fsp3) is 0.350. The van der Waals surface area contributed by atoms with Crippen LogP contribution >= 0.6 is 0 Å². The standard InChI is InChI=1S/C20H19F6N3/c1-18(6-7-29(2)17(27)28-18)14-5-3-4-12(8-14)13-9-15(19(21,22)23)11-16(10-13)20(24,25)26/h3-5,8-11H,6-7H2,1-2H3,(H2,27,28). The van der Waals surface area contributed by atoms with Gasteiger partial charge in [-0.25, -0.2) is 4.99 Å². The monoisotopic (exact) mass is 415 g/mol. The topological polar surface area (TPSA) is 41.6 Å². The summed E-state index contributed by atoms with van der Waals surface area (Å²) in [6.45, 7) is 2.46. The summed E-state index contributed by atoms with van der Waals surface area (Å²) in [5.41, 5.74) is 3.23. The van der Waals surface area contributed by atoms with Crippen LogP contribution in [-0.4, -0.2) is 24.5 Å². The van der Waals surface area contributed by atoms with Crippen LogP contribution in [0.1, 0.15) is 30.0 Å². The number of alkyl halides is 6. The van der Waals surface area contributed by atoms with E-state index < -0.39 is 29.0 Å². The molecule has 1 atom stereocenters. The van der Waals surface area contributed by atoms with Gasteiger partial charge in [-0.2, -0.15) is 26.3 Å². The molecule has 1 heterocycles. The molecule has 2 aromatic carbocycles. The van der Waals surface area contributed by atoms with E-state index in [9.17, 15) is 26.3 Å². The number of nitrogens with two attached hydrogens (primary N) is 1. The van der Waals surface area contributed by atoms with Gasteiger partial charge in [0.1, 0.15) is 0 Å². The molecule has 0 aromatic heterocycles. The Kier molecular flexibility index (Phi) is 5.04. The van der Waals surface area contributed by atoms with Gasteiger partial charge in [0.25, 0.3) is 0 Å². The lowest BCUT2D eigenvalue weighted by molar-refractivity contribution is -0.143. The lowest BCUT2D eigenvalue weighted by Crippen LogP contribution is -2.43. The van der Waals surface area contributed by atoms with Gasteiger partial charge >= 0.3 is 12.4 Å². The Labute approximate surface area is 163 Å². The van der Waals surface area contributed by atoms with E-state index in [1.54, 1.807) is 30.1 Å². The van der Waals surface area contributed by atoms with Gasteiger partial charge in [-0.05, 0) is 54.3 Å². The maximum atomic E-state index is 13.2. The number of nitrogens with zero attached hydrogens (tertiary/aromatic N) is 2. The minimum atomic E-state index is -4.90. The number of rotatable bonds is 2. The molecule has 3 rings (SSSR count). The van der Waals surface area contributed by atoms with E-state index in [0.29, 0.717) is 24.5 Å². The van der Waals surface area contributed by atoms with E-state index in [4.69, 9.17) is 5.73 Å². The van der Waals surface area contributed by atoms with Crippen molar-refractivity contribution < 1.29 is 26.3 Å².